The smallest absolute Gasteiger partial charge is 0.416 e. The van der Waals surface area contributed by atoms with Crippen molar-refractivity contribution in [2.75, 3.05) is 33.5 Å². The fourth-order valence-corrected chi connectivity index (χ4v) is 5.99. The number of halogens is 2. The first-order valence-corrected chi connectivity index (χ1v) is 14.3. The highest BCUT2D eigenvalue weighted by Crippen LogP contribution is 2.36. The van der Waals surface area contributed by atoms with Crippen molar-refractivity contribution in [3.05, 3.63) is 62.6 Å². The van der Waals surface area contributed by atoms with Crippen LogP contribution >= 0.6 is 23.2 Å². The van der Waals surface area contributed by atoms with Crippen LogP contribution in [0, 0.1) is 11.8 Å². The number of rotatable bonds is 9. The summed E-state index contributed by atoms with van der Waals surface area (Å²) >= 11 is 12.9. The highest BCUT2D eigenvalue weighted by Gasteiger charge is 2.42. The van der Waals surface area contributed by atoms with E-state index in [-0.39, 0.29) is 51.9 Å². The van der Waals surface area contributed by atoms with Crippen molar-refractivity contribution >= 4 is 41.1 Å². The van der Waals surface area contributed by atoms with E-state index in [1.54, 1.807) is 24.1 Å². The van der Waals surface area contributed by atoms with E-state index >= 15 is 0 Å². The van der Waals surface area contributed by atoms with Crippen LogP contribution in [0.25, 0.3) is 0 Å². The molecule has 2 aromatic rings. The molecule has 2 aromatic carbocycles. The Kier molecular flexibility index (Phi) is 9.64. The molecule has 3 atom stereocenters. The Balaban J connectivity index is 1.51. The zero-order valence-corrected chi connectivity index (χ0v) is 25.1. The summed E-state index contributed by atoms with van der Waals surface area (Å²) in [5.74, 6) is -0.471. The molecule has 0 bridgehead atoms. The summed E-state index contributed by atoms with van der Waals surface area (Å²) in [6.07, 6.45) is 0.0509. The fourth-order valence-electron chi connectivity index (χ4n) is 5.36. The SMILES string of the molecule is COCCOc1cc(Cl)c(C(=O)N2CCc3c(cccc3[C@H](C)[C@H](C)C(=O)N3C(=O)OC[C@@H]3C(C)C)C2)c(Cl)c1. The van der Waals surface area contributed by atoms with Gasteiger partial charge >= 0.3 is 6.09 Å². The Labute approximate surface area is 245 Å². The minimum absolute atomic E-state index is 0.104. The van der Waals surface area contributed by atoms with Crippen LogP contribution < -0.4 is 4.74 Å². The Morgan fingerprint density at radius 3 is 2.45 bits per heavy atom. The first-order valence-electron chi connectivity index (χ1n) is 13.6. The fraction of sp³-hybridized carbons (Fsp3) is 0.500. The monoisotopic (exact) mass is 590 g/mol. The standard InChI is InChI=1S/C30H36Cl2N2O6/c1-17(2)26-16-40-30(37)34(26)28(35)19(4)18(3)22-8-6-7-20-15-33(10-9-23(20)22)29(36)27-24(31)13-21(14-25(27)32)39-12-11-38-5/h6-8,13-14,17-19,26H,9-12,15-16H2,1-5H3/t18-,19+,26-/m1/s1. The predicted molar refractivity (Wildman–Crippen MR) is 153 cm³/mol. The molecule has 0 aromatic heterocycles. The van der Waals surface area contributed by atoms with Gasteiger partial charge in [-0.1, -0.05) is 69.1 Å². The lowest BCUT2D eigenvalue weighted by atomic mass is 9.81. The Bertz CT molecular complexity index is 1260. The molecule has 0 N–H and O–H groups in total. The molecular formula is C30H36Cl2N2O6. The largest absolute Gasteiger partial charge is 0.491 e. The Hall–Kier alpha value is -2.81. The summed E-state index contributed by atoms with van der Waals surface area (Å²) < 4.78 is 15.8. The molecule has 216 valence electrons. The third kappa shape index (κ3) is 6.09. The van der Waals surface area contributed by atoms with E-state index in [2.05, 4.69) is 0 Å². The van der Waals surface area contributed by atoms with Crippen LogP contribution in [0.5, 0.6) is 5.75 Å². The maximum absolute atomic E-state index is 13.5. The number of benzene rings is 2. The van der Waals surface area contributed by atoms with Gasteiger partial charge < -0.3 is 19.1 Å². The molecule has 2 heterocycles. The second-order valence-electron chi connectivity index (χ2n) is 10.7. The minimum Gasteiger partial charge on any atom is -0.491 e. The molecule has 0 saturated carbocycles. The summed E-state index contributed by atoms with van der Waals surface area (Å²) in [6.45, 7) is 9.68. The maximum atomic E-state index is 13.5. The van der Waals surface area contributed by atoms with Crippen molar-refractivity contribution in [1.82, 2.24) is 9.80 Å². The molecule has 0 radical (unpaired) electrons. The average molecular weight is 592 g/mol. The highest BCUT2D eigenvalue weighted by molar-refractivity contribution is 6.39. The average Bonchev–Trinajstić information content (AvgIpc) is 3.32. The molecule has 10 heteroatoms. The van der Waals surface area contributed by atoms with Crippen molar-refractivity contribution in [1.29, 1.82) is 0 Å². The molecule has 0 unspecified atom stereocenters. The third-order valence-electron chi connectivity index (χ3n) is 7.92. The quantitative estimate of drug-likeness (QED) is 0.335. The second-order valence-corrected chi connectivity index (χ2v) is 11.6. The lowest BCUT2D eigenvalue weighted by Crippen LogP contribution is -2.45. The minimum atomic E-state index is -0.570. The molecule has 0 spiro atoms. The van der Waals surface area contributed by atoms with Crippen LogP contribution in [0.3, 0.4) is 0 Å². The summed E-state index contributed by atoms with van der Waals surface area (Å²) in [5.41, 5.74) is 3.43. The van der Waals surface area contributed by atoms with Crippen LogP contribution in [-0.2, 0) is 27.2 Å². The number of amides is 3. The van der Waals surface area contributed by atoms with Crippen LogP contribution in [0.2, 0.25) is 10.0 Å². The van der Waals surface area contributed by atoms with Gasteiger partial charge in [0, 0.05) is 26.1 Å². The van der Waals surface area contributed by atoms with Gasteiger partial charge in [-0.25, -0.2) is 9.69 Å². The molecule has 2 aliphatic rings. The molecule has 1 saturated heterocycles. The van der Waals surface area contributed by atoms with Crippen LogP contribution in [-0.4, -0.2) is 67.2 Å². The number of carbonyl (C=O) groups is 3. The molecule has 8 nitrogen and oxygen atoms in total. The van der Waals surface area contributed by atoms with E-state index in [0.717, 1.165) is 16.7 Å². The van der Waals surface area contributed by atoms with Gasteiger partial charge in [0.05, 0.1) is 28.3 Å². The van der Waals surface area contributed by atoms with E-state index < -0.39 is 12.0 Å². The number of cyclic esters (lactones) is 1. The van der Waals surface area contributed by atoms with Crippen molar-refractivity contribution in [3.63, 3.8) is 0 Å². The lowest BCUT2D eigenvalue weighted by Gasteiger charge is -2.33. The van der Waals surface area contributed by atoms with Gasteiger partial charge in [0.15, 0.2) is 0 Å². The van der Waals surface area contributed by atoms with Crippen LogP contribution in [0.1, 0.15) is 60.7 Å². The number of imide groups is 1. The molecule has 2 aliphatic heterocycles. The van der Waals surface area contributed by atoms with E-state index in [1.165, 1.54) is 4.90 Å². The van der Waals surface area contributed by atoms with Gasteiger partial charge in [0.2, 0.25) is 5.91 Å². The number of nitrogens with zero attached hydrogens (tertiary/aromatic N) is 2. The summed E-state index contributed by atoms with van der Waals surface area (Å²) in [4.78, 5) is 42.4. The third-order valence-corrected chi connectivity index (χ3v) is 8.51. The number of methoxy groups -OCH3 is 1. The number of hydrogen-bond acceptors (Lipinski definition) is 6. The predicted octanol–water partition coefficient (Wildman–Crippen LogP) is 5.96. The van der Waals surface area contributed by atoms with Crippen molar-refractivity contribution in [3.8, 4) is 5.75 Å². The Morgan fingerprint density at radius 1 is 1.10 bits per heavy atom. The van der Waals surface area contributed by atoms with E-state index in [1.807, 2.05) is 45.9 Å². The molecule has 3 amide bonds. The molecule has 4 rings (SSSR count). The number of carbonyl (C=O) groups excluding carboxylic acids is 3. The van der Waals surface area contributed by atoms with Crippen molar-refractivity contribution < 1.29 is 28.6 Å². The summed E-state index contributed by atoms with van der Waals surface area (Å²) in [5, 5.41) is 0.455. The Morgan fingerprint density at radius 2 is 1.80 bits per heavy atom. The van der Waals surface area contributed by atoms with Crippen LogP contribution in [0.4, 0.5) is 4.79 Å². The van der Waals surface area contributed by atoms with Crippen LogP contribution in [0.15, 0.2) is 30.3 Å². The zero-order chi connectivity index (χ0) is 29.1. The lowest BCUT2D eigenvalue weighted by molar-refractivity contribution is -0.134. The van der Waals surface area contributed by atoms with Gasteiger partial charge in [-0.2, -0.15) is 0 Å². The van der Waals surface area contributed by atoms with Crippen molar-refractivity contribution in [2.45, 2.75) is 52.6 Å². The summed E-state index contributed by atoms with van der Waals surface area (Å²) in [7, 11) is 1.58. The normalized spacial score (nSPS) is 18.4. The topological polar surface area (TPSA) is 85.4 Å². The van der Waals surface area contributed by atoms with E-state index in [0.29, 0.717) is 38.5 Å². The van der Waals surface area contributed by atoms with Crippen molar-refractivity contribution in [2.24, 2.45) is 11.8 Å². The first-order chi connectivity index (χ1) is 19.0. The molecule has 40 heavy (non-hydrogen) atoms. The second kappa shape index (κ2) is 12.8. The number of hydrogen-bond donors (Lipinski definition) is 0. The number of fused-ring (bicyclic) bond motifs is 1. The highest BCUT2D eigenvalue weighted by atomic mass is 35.5. The number of ether oxygens (including phenoxy) is 3. The molecular weight excluding hydrogens is 555 g/mol. The van der Waals surface area contributed by atoms with Gasteiger partial charge in [0.1, 0.15) is 19.0 Å². The van der Waals surface area contributed by atoms with Gasteiger partial charge in [-0.3, -0.25) is 9.59 Å². The van der Waals surface area contributed by atoms with E-state index in [9.17, 15) is 14.4 Å². The molecule has 1 fully saturated rings. The van der Waals surface area contributed by atoms with Gasteiger partial charge in [0.25, 0.3) is 5.91 Å². The van der Waals surface area contributed by atoms with Gasteiger partial charge in [-0.15, -0.1) is 0 Å². The summed E-state index contributed by atoms with van der Waals surface area (Å²) in [6, 6.07) is 8.90. The first kappa shape index (κ1) is 30.2. The maximum Gasteiger partial charge on any atom is 0.416 e. The van der Waals surface area contributed by atoms with E-state index in [4.69, 9.17) is 37.4 Å². The van der Waals surface area contributed by atoms with Gasteiger partial charge in [-0.05, 0) is 47.1 Å². The molecule has 0 aliphatic carbocycles. The zero-order valence-electron chi connectivity index (χ0n) is 23.5.